The van der Waals surface area contributed by atoms with E-state index in [1.165, 1.54) is 0 Å². The highest BCUT2D eigenvalue weighted by molar-refractivity contribution is 6.31. The number of aromatic amines is 1. The fourth-order valence-electron chi connectivity index (χ4n) is 3.99. The van der Waals surface area contributed by atoms with Gasteiger partial charge in [0.1, 0.15) is 0 Å². The number of H-pyrrole nitrogens is 1. The number of nitrogens with zero attached hydrogens (tertiary/aromatic N) is 1. The molecule has 2 saturated carbocycles. The summed E-state index contributed by atoms with van der Waals surface area (Å²) in [5.41, 5.74) is 0.805. The molecule has 2 aliphatic rings. The molecule has 1 aromatic carbocycles. The second-order valence-electron chi connectivity index (χ2n) is 6.50. The maximum atomic E-state index is 11.5. The quantitative estimate of drug-likeness (QED) is 0.812. The Balaban J connectivity index is 1.60. The number of rotatable bonds is 3. The summed E-state index contributed by atoms with van der Waals surface area (Å²) in [6, 6.07) is 3.88. The van der Waals surface area contributed by atoms with E-state index >= 15 is 0 Å². The van der Waals surface area contributed by atoms with E-state index in [0.717, 1.165) is 16.5 Å². The van der Waals surface area contributed by atoms with E-state index in [-0.39, 0.29) is 11.9 Å². The first kappa shape index (κ1) is 14.0. The molecule has 6 heteroatoms. The molecule has 1 aromatic heterocycles. The first-order valence-corrected chi connectivity index (χ1v) is 8.04. The van der Waals surface area contributed by atoms with Crippen LogP contribution in [0.4, 0.5) is 0 Å². The number of aromatic nitrogens is 2. The van der Waals surface area contributed by atoms with Crippen molar-refractivity contribution < 1.29 is 9.90 Å². The molecule has 2 aromatic rings. The van der Waals surface area contributed by atoms with Gasteiger partial charge < -0.3 is 10.4 Å². The number of halogens is 1. The zero-order chi connectivity index (χ0) is 15.5. The number of hydrogen-bond acceptors (Lipinski definition) is 3. The van der Waals surface area contributed by atoms with Crippen molar-refractivity contribution in [1.29, 1.82) is 0 Å². The second-order valence-corrected chi connectivity index (χ2v) is 6.94. The smallest absolute Gasteiger partial charge is 0.219 e. The number of nitrogens with one attached hydrogen (secondary N) is 2. The van der Waals surface area contributed by atoms with Crippen molar-refractivity contribution in [2.75, 3.05) is 0 Å². The van der Waals surface area contributed by atoms with Gasteiger partial charge in [-0.25, -0.2) is 0 Å². The van der Waals surface area contributed by atoms with Crippen LogP contribution < -0.4 is 5.32 Å². The first-order valence-electron chi connectivity index (χ1n) is 7.66. The minimum absolute atomic E-state index is 0.0860. The summed E-state index contributed by atoms with van der Waals surface area (Å²) in [7, 11) is 0. The highest BCUT2D eigenvalue weighted by Crippen LogP contribution is 2.60. The van der Waals surface area contributed by atoms with Crippen molar-refractivity contribution >= 4 is 28.4 Å². The van der Waals surface area contributed by atoms with Gasteiger partial charge in [-0.2, -0.15) is 5.10 Å². The van der Waals surface area contributed by atoms with E-state index in [4.69, 9.17) is 11.6 Å². The van der Waals surface area contributed by atoms with Gasteiger partial charge in [-0.1, -0.05) is 18.5 Å². The van der Waals surface area contributed by atoms with Crippen LogP contribution in [-0.2, 0) is 10.4 Å². The van der Waals surface area contributed by atoms with Crippen LogP contribution in [0.25, 0.3) is 10.9 Å². The van der Waals surface area contributed by atoms with Gasteiger partial charge in [0, 0.05) is 22.9 Å². The van der Waals surface area contributed by atoms with Gasteiger partial charge in [0.2, 0.25) is 5.91 Å². The average Bonchev–Trinajstić information content (AvgIpc) is 2.86. The third-order valence-electron chi connectivity index (χ3n) is 5.15. The molecule has 2 unspecified atom stereocenters. The highest BCUT2D eigenvalue weighted by atomic mass is 35.5. The average molecular weight is 320 g/mol. The van der Waals surface area contributed by atoms with Crippen molar-refractivity contribution in [3.8, 4) is 0 Å². The zero-order valence-corrected chi connectivity index (χ0v) is 13.0. The fourth-order valence-corrected chi connectivity index (χ4v) is 4.21. The van der Waals surface area contributed by atoms with E-state index < -0.39 is 5.60 Å². The minimum atomic E-state index is -0.879. The number of carbonyl (C=O) groups excluding carboxylic acids is 1. The molecular weight excluding hydrogens is 302 g/mol. The molecule has 116 valence electrons. The van der Waals surface area contributed by atoms with Crippen LogP contribution in [0.2, 0.25) is 5.02 Å². The number of carbonyl (C=O) groups is 1. The summed E-state index contributed by atoms with van der Waals surface area (Å²) in [5.74, 6) is 0.811. The Hall–Kier alpha value is -1.59. The van der Waals surface area contributed by atoms with Crippen LogP contribution in [-0.4, -0.2) is 27.3 Å². The van der Waals surface area contributed by atoms with Gasteiger partial charge >= 0.3 is 0 Å². The molecule has 1 heterocycles. The Morgan fingerprint density at radius 2 is 2.23 bits per heavy atom. The molecule has 0 radical (unpaired) electrons. The Morgan fingerprint density at radius 1 is 1.50 bits per heavy atom. The molecular formula is C16H18ClN3O2. The Bertz CT molecular complexity index is 745. The SMILES string of the molecule is CCC(=O)NC1C2CC(O)(c3cc(Cl)cc4[nH]ncc34)CC21. The number of benzene rings is 1. The third-order valence-corrected chi connectivity index (χ3v) is 5.37. The van der Waals surface area contributed by atoms with Crippen molar-refractivity contribution in [2.24, 2.45) is 11.8 Å². The molecule has 2 aliphatic carbocycles. The van der Waals surface area contributed by atoms with Crippen molar-refractivity contribution in [1.82, 2.24) is 15.5 Å². The van der Waals surface area contributed by atoms with Crippen LogP contribution in [0, 0.1) is 11.8 Å². The molecule has 0 spiro atoms. The lowest BCUT2D eigenvalue weighted by molar-refractivity contribution is -0.121. The standard InChI is InChI=1S/C16H18ClN3O2/c1-2-14(21)19-15-9-5-16(22,6-10(9)15)12-3-8(17)4-13-11(12)7-18-20-13/h3-4,7,9-10,15,22H,2,5-6H2,1H3,(H,18,20)(H,19,21). The Morgan fingerprint density at radius 3 is 2.91 bits per heavy atom. The summed E-state index contributed by atoms with van der Waals surface area (Å²) in [5, 5.41) is 22.6. The Kier molecular flexibility index (Phi) is 3.00. The maximum Gasteiger partial charge on any atom is 0.219 e. The molecule has 22 heavy (non-hydrogen) atoms. The van der Waals surface area contributed by atoms with Crippen LogP contribution in [0.5, 0.6) is 0 Å². The lowest BCUT2D eigenvalue weighted by Gasteiger charge is -2.27. The monoisotopic (exact) mass is 319 g/mol. The molecule has 0 aliphatic heterocycles. The van der Waals surface area contributed by atoms with Crippen LogP contribution >= 0.6 is 11.6 Å². The highest BCUT2D eigenvalue weighted by Gasteiger charge is 2.62. The topological polar surface area (TPSA) is 78.0 Å². The molecule has 3 N–H and O–H groups in total. The molecule has 2 fully saturated rings. The van der Waals surface area contributed by atoms with E-state index in [1.54, 1.807) is 6.20 Å². The molecule has 2 atom stereocenters. The van der Waals surface area contributed by atoms with Gasteiger partial charge in [-0.15, -0.1) is 0 Å². The third kappa shape index (κ3) is 2.03. The number of hydrogen-bond donors (Lipinski definition) is 3. The fraction of sp³-hybridized carbons (Fsp3) is 0.500. The van der Waals surface area contributed by atoms with Crippen LogP contribution in [0.3, 0.4) is 0 Å². The van der Waals surface area contributed by atoms with Gasteiger partial charge in [-0.05, 0) is 42.4 Å². The van der Waals surface area contributed by atoms with Gasteiger partial charge in [0.15, 0.2) is 0 Å². The lowest BCUT2D eigenvalue weighted by Crippen LogP contribution is -2.33. The molecule has 5 nitrogen and oxygen atoms in total. The van der Waals surface area contributed by atoms with E-state index in [2.05, 4.69) is 15.5 Å². The van der Waals surface area contributed by atoms with E-state index in [9.17, 15) is 9.90 Å². The van der Waals surface area contributed by atoms with Gasteiger partial charge in [0.25, 0.3) is 0 Å². The predicted molar refractivity (Wildman–Crippen MR) is 83.4 cm³/mol. The molecule has 0 saturated heterocycles. The molecule has 0 bridgehead atoms. The number of amides is 1. The summed E-state index contributed by atoms with van der Waals surface area (Å²) in [6.07, 6.45) is 3.56. The summed E-state index contributed by atoms with van der Waals surface area (Å²) < 4.78 is 0. The number of fused-ring (bicyclic) bond motifs is 2. The van der Waals surface area contributed by atoms with Gasteiger partial charge in [-0.3, -0.25) is 9.89 Å². The van der Waals surface area contributed by atoms with Gasteiger partial charge in [0.05, 0.1) is 17.3 Å². The summed E-state index contributed by atoms with van der Waals surface area (Å²) in [4.78, 5) is 11.5. The zero-order valence-electron chi connectivity index (χ0n) is 12.3. The number of aliphatic hydroxyl groups is 1. The lowest BCUT2D eigenvalue weighted by atomic mass is 9.86. The summed E-state index contributed by atoms with van der Waals surface area (Å²) in [6.45, 7) is 1.85. The van der Waals surface area contributed by atoms with Crippen molar-refractivity contribution in [3.05, 3.63) is 28.9 Å². The first-order chi connectivity index (χ1) is 10.5. The predicted octanol–water partition coefficient (Wildman–Crippen LogP) is 2.34. The van der Waals surface area contributed by atoms with Crippen LogP contribution in [0.15, 0.2) is 18.3 Å². The van der Waals surface area contributed by atoms with Crippen molar-refractivity contribution in [2.45, 2.75) is 37.8 Å². The normalized spacial score (nSPS) is 33.0. The van der Waals surface area contributed by atoms with E-state index in [1.807, 2.05) is 19.1 Å². The van der Waals surface area contributed by atoms with Crippen LogP contribution in [0.1, 0.15) is 31.7 Å². The maximum absolute atomic E-state index is 11.5. The Labute approximate surface area is 133 Å². The molecule has 4 rings (SSSR count). The minimum Gasteiger partial charge on any atom is -0.385 e. The van der Waals surface area contributed by atoms with E-state index in [0.29, 0.717) is 36.1 Å². The molecule has 1 amide bonds. The summed E-state index contributed by atoms with van der Waals surface area (Å²) >= 11 is 6.17. The largest absolute Gasteiger partial charge is 0.385 e. The second kappa shape index (κ2) is 4.70. The van der Waals surface area contributed by atoms with Crippen molar-refractivity contribution in [3.63, 3.8) is 0 Å².